The lowest BCUT2D eigenvalue weighted by Crippen LogP contribution is -2.40. The highest BCUT2D eigenvalue weighted by atomic mass is 15.1. The molecule has 1 fully saturated rings. The molecule has 1 aliphatic carbocycles. The molecule has 0 radical (unpaired) electrons. The molecule has 1 saturated carbocycles. The summed E-state index contributed by atoms with van der Waals surface area (Å²) in [6.07, 6.45) is 14.0. The van der Waals surface area contributed by atoms with Crippen LogP contribution in [0.5, 0.6) is 0 Å². The molecular formula is C16H34N2. The first-order valence-corrected chi connectivity index (χ1v) is 8.18. The van der Waals surface area contributed by atoms with Crippen LogP contribution in [0.15, 0.2) is 0 Å². The van der Waals surface area contributed by atoms with Crippen molar-refractivity contribution >= 4 is 0 Å². The highest BCUT2D eigenvalue weighted by Crippen LogP contribution is 2.25. The van der Waals surface area contributed by atoms with Gasteiger partial charge in [0.25, 0.3) is 0 Å². The van der Waals surface area contributed by atoms with Crippen LogP contribution >= 0.6 is 0 Å². The third kappa shape index (κ3) is 6.19. The van der Waals surface area contributed by atoms with Gasteiger partial charge in [0.1, 0.15) is 0 Å². The van der Waals surface area contributed by atoms with Crippen LogP contribution < -0.4 is 5.73 Å². The molecule has 1 unspecified atom stereocenters. The first kappa shape index (κ1) is 16.0. The van der Waals surface area contributed by atoms with E-state index in [1.54, 1.807) is 0 Å². The third-order valence-electron chi connectivity index (χ3n) is 4.56. The Labute approximate surface area is 114 Å². The van der Waals surface area contributed by atoms with Gasteiger partial charge in [-0.15, -0.1) is 0 Å². The fourth-order valence-corrected chi connectivity index (χ4v) is 3.25. The summed E-state index contributed by atoms with van der Waals surface area (Å²) in [7, 11) is 2.28. The van der Waals surface area contributed by atoms with E-state index in [9.17, 15) is 0 Å². The third-order valence-corrected chi connectivity index (χ3v) is 4.56. The maximum absolute atomic E-state index is 5.95. The fourth-order valence-electron chi connectivity index (χ4n) is 3.25. The van der Waals surface area contributed by atoms with Crippen LogP contribution in [0, 0.1) is 5.92 Å². The molecule has 0 heterocycles. The normalized spacial score (nSPS) is 19.3. The summed E-state index contributed by atoms with van der Waals surface area (Å²) in [4.78, 5) is 2.54. The van der Waals surface area contributed by atoms with Crippen molar-refractivity contribution in [2.75, 3.05) is 20.1 Å². The molecule has 2 heteroatoms. The average molecular weight is 254 g/mol. The van der Waals surface area contributed by atoms with Gasteiger partial charge in [0, 0.05) is 19.1 Å². The molecule has 2 N–H and O–H groups in total. The van der Waals surface area contributed by atoms with Crippen molar-refractivity contribution in [2.24, 2.45) is 11.7 Å². The van der Waals surface area contributed by atoms with Gasteiger partial charge in [0.2, 0.25) is 0 Å². The highest BCUT2D eigenvalue weighted by molar-refractivity contribution is 4.75. The number of unbranched alkanes of at least 4 members (excludes halogenated alkanes) is 3. The van der Waals surface area contributed by atoms with Crippen molar-refractivity contribution in [2.45, 2.75) is 77.2 Å². The van der Waals surface area contributed by atoms with E-state index >= 15 is 0 Å². The lowest BCUT2D eigenvalue weighted by atomic mass is 9.88. The van der Waals surface area contributed by atoms with Gasteiger partial charge in [-0.25, -0.2) is 0 Å². The molecule has 1 aliphatic rings. The van der Waals surface area contributed by atoms with Crippen molar-refractivity contribution in [1.82, 2.24) is 4.90 Å². The number of nitrogens with two attached hydrogens (primary N) is 1. The Kier molecular flexibility index (Phi) is 8.70. The SMILES string of the molecule is CCCCCCC(CN)N(C)CC1CCCCC1. The summed E-state index contributed by atoms with van der Waals surface area (Å²) in [5.41, 5.74) is 5.95. The van der Waals surface area contributed by atoms with Crippen LogP contribution in [0.25, 0.3) is 0 Å². The molecule has 0 spiro atoms. The van der Waals surface area contributed by atoms with E-state index in [1.165, 1.54) is 70.8 Å². The molecule has 0 aromatic heterocycles. The number of rotatable bonds is 9. The van der Waals surface area contributed by atoms with Crippen LogP contribution in [0.4, 0.5) is 0 Å². The summed E-state index contributed by atoms with van der Waals surface area (Å²) in [6.45, 7) is 4.38. The largest absolute Gasteiger partial charge is 0.329 e. The summed E-state index contributed by atoms with van der Waals surface area (Å²) in [5, 5.41) is 0. The van der Waals surface area contributed by atoms with Gasteiger partial charge in [-0.2, -0.15) is 0 Å². The Morgan fingerprint density at radius 2 is 1.83 bits per heavy atom. The lowest BCUT2D eigenvalue weighted by Gasteiger charge is -2.32. The van der Waals surface area contributed by atoms with Gasteiger partial charge in [-0.1, -0.05) is 51.9 Å². The predicted octanol–water partition coefficient (Wildman–Crippen LogP) is 3.80. The molecule has 18 heavy (non-hydrogen) atoms. The summed E-state index contributed by atoms with van der Waals surface area (Å²) in [6, 6.07) is 0.615. The number of nitrogens with zero attached hydrogens (tertiary/aromatic N) is 1. The molecule has 1 rings (SSSR count). The van der Waals surface area contributed by atoms with Crippen LogP contribution in [-0.4, -0.2) is 31.1 Å². The summed E-state index contributed by atoms with van der Waals surface area (Å²) in [5.74, 6) is 0.938. The molecule has 1 atom stereocenters. The van der Waals surface area contributed by atoms with Crippen molar-refractivity contribution < 1.29 is 0 Å². The van der Waals surface area contributed by atoms with E-state index in [1.807, 2.05) is 0 Å². The molecule has 0 bridgehead atoms. The van der Waals surface area contributed by atoms with Crippen LogP contribution in [0.1, 0.15) is 71.1 Å². The molecule has 0 amide bonds. The highest BCUT2D eigenvalue weighted by Gasteiger charge is 2.19. The first-order chi connectivity index (χ1) is 8.77. The van der Waals surface area contributed by atoms with Crippen molar-refractivity contribution in [3.8, 4) is 0 Å². The second kappa shape index (κ2) is 9.80. The molecule has 0 saturated heterocycles. The van der Waals surface area contributed by atoms with Gasteiger partial charge in [-0.3, -0.25) is 0 Å². The summed E-state index contributed by atoms with van der Waals surface area (Å²) >= 11 is 0. The number of hydrogen-bond acceptors (Lipinski definition) is 2. The van der Waals surface area contributed by atoms with Crippen LogP contribution in [0.3, 0.4) is 0 Å². The Balaban J connectivity index is 2.20. The smallest absolute Gasteiger partial charge is 0.0215 e. The molecule has 0 aromatic carbocycles. The first-order valence-electron chi connectivity index (χ1n) is 8.18. The molecular weight excluding hydrogens is 220 g/mol. The van der Waals surface area contributed by atoms with E-state index in [0.29, 0.717) is 6.04 Å². The Hall–Kier alpha value is -0.0800. The van der Waals surface area contributed by atoms with Gasteiger partial charge in [0.15, 0.2) is 0 Å². The molecule has 108 valence electrons. The zero-order valence-corrected chi connectivity index (χ0v) is 12.7. The Morgan fingerprint density at radius 3 is 2.44 bits per heavy atom. The fraction of sp³-hybridized carbons (Fsp3) is 1.00. The minimum atomic E-state index is 0.615. The van der Waals surface area contributed by atoms with Gasteiger partial charge < -0.3 is 10.6 Å². The van der Waals surface area contributed by atoms with E-state index in [-0.39, 0.29) is 0 Å². The number of hydrogen-bond donors (Lipinski definition) is 1. The molecule has 0 aliphatic heterocycles. The Morgan fingerprint density at radius 1 is 1.11 bits per heavy atom. The average Bonchev–Trinajstić information content (AvgIpc) is 2.40. The second-order valence-corrected chi connectivity index (χ2v) is 6.18. The van der Waals surface area contributed by atoms with Crippen LogP contribution in [-0.2, 0) is 0 Å². The summed E-state index contributed by atoms with van der Waals surface area (Å²) < 4.78 is 0. The minimum Gasteiger partial charge on any atom is -0.329 e. The maximum Gasteiger partial charge on any atom is 0.0215 e. The monoisotopic (exact) mass is 254 g/mol. The van der Waals surface area contributed by atoms with Gasteiger partial charge in [-0.05, 0) is 32.2 Å². The Bertz CT molecular complexity index is 188. The van der Waals surface area contributed by atoms with E-state index in [4.69, 9.17) is 5.73 Å². The standard InChI is InChI=1S/C16H34N2/c1-3-4-5-9-12-16(13-17)18(2)14-15-10-7-6-8-11-15/h15-16H,3-14,17H2,1-2H3. The predicted molar refractivity (Wildman–Crippen MR) is 80.8 cm³/mol. The lowest BCUT2D eigenvalue weighted by molar-refractivity contribution is 0.175. The van der Waals surface area contributed by atoms with Crippen molar-refractivity contribution in [1.29, 1.82) is 0 Å². The topological polar surface area (TPSA) is 29.3 Å². The quantitative estimate of drug-likeness (QED) is 0.634. The minimum absolute atomic E-state index is 0.615. The van der Waals surface area contributed by atoms with Crippen molar-refractivity contribution in [3.05, 3.63) is 0 Å². The maximum atomic E-state index is 5.95. The van der Waals surface area contributed by atoms with Gasteiger partial charge in [0.05, 0.1) is 0 Å². The molecule has 0 aromatic rings. The van der Waals surface area contributed by atoms with Crippen LogP contribution in [0.2, 0.25) is 0 Å². The zero-order chi connectivity index (χ0) is 13.2. The van der Waals surface area contributed by atoms with Gasteiger partial charge >= 0.3 is 0 Å². The van der Waals surface area contributed by atoms with E-state index in [0.717, 1.165) is 12.5 Å². The van der Waals surface area contributed by atoms with E-state index < -0.39 is 0 Å². The molecule has 2 nitrogen and oxygen atoms in total. The van der Waals surface area contributed by atoms with Crippen molar-refractivity contribution in [3.63, 3.8) is 0 Å². The number of likely N-dealkylation sites (N-methyl/N-ethyl adjacent to an activating group) is 1. The second-order valence-electron chi connectivity index (χ2n) is 6.18. The zero-order valence-electron chi connectivity index (χ0n) is 12.7. The van der Waals surface area contributed by atoms with E-state index in [2.05, 4.69) is 18.9 Å².